The number of para-hydroxylation sites is 1. The van der Waals surface area contributed by atoms with Gasteiger partial charge in [-0.1, -0.05) is 207 Å². The Kier molecular flexibility index (Phi) is 9.34. The van der Waals surface area contributed by atoms with Crippen LogP contribution in [-0.4, -0.2) is 14.7 Å². The van der Waals surface area contributed by atoms with E-state index in [1.807, 2.05) is 69.3 Å². The fourth-order valence-corrected chi connectivity index (χ4v) is 8.59. The molecule has 2 aromatic heterocycles. The van der Waals surface area contributed by atoms with Crippen LogP contribution in [0.3, 0.4) is 0 Å². The molecular formula is C66H76N3OPt+. The summed E-state index contributed by atoms with van der Waals surface area (Å²) in [6, 6.07) is 27.4. The quantitative estimate of drug-likeness (QED) is 0.128. The van der Waals surface area contributed by atoms with Gasteiger partial charge in [-0.2, -0.15) is 0 Å². The Bertz CT molecular complexity index is 3950. The second kappa shape index (κ2) is 18.7. The summed E-state index contributed by atoms with van der Waals surface area (Å²) >= 11 is 0. The van der Waals surface area contributed by atoms with Gasteiger partial charge in [-0.15, -0.1) is 29.3 Å². The van der Waals surface area contributed by atoms with Crippen molar-refractivity contribution >= 4 is 11.0 Å². The summed E-state index contributed by atoms with van der Waals surface area (Å²) < 4.78 is 143. The van der Waals surface area contributed by atoms with Gasteiger partial charge in [-0.25, -0.2) is 4.98 Å². The average molecular weight is 1140 g/mol. The maximum Gasteiger partial charge on any atom is 2.00 e. The zero-order chi connectivity index (χ0) is 64.7. The number of hydrogen-bond acceptors (Lipinski definition) is 2. The summed E-state index contributed by atoms with van der Waals surface area (Å²) in [6.45, 7) is 17.9. The molecule has 0 amide bonds. The molecule has 0 aliphatic rings. The van der Waals surface area contributed by atoms with Crippen molar-refractivity contribution in [2.45, 2.75) is 145 Å². The summed E-state index contributed by atoms with van der Waals surface area (Å²) in [5.41, 5.74) is 0.331. The first kappa shape index (κ1) is 35.4. The number of aromatic nitrogens is 3. The monoisotopic (exact) mass is 1140 g/mol. The molecule has 0 aliphatic heterocycles. The standard InChI is InChI=1S/C66H76N3O.Pt/c1-61(2,3)47-29-27-42(28-30-47)44-33-34-68(18)57(38-44)46-35-45(36-49(37-46)62(4,5)6)51-25-22-26-56-58(51)67-60(53-40-50(63(7,8)9)41-54(59(53)70)64(10,11)12)69(56)55-32-31-48(66(16,17)65(13,14)15)39-52(55)43-23-20-19-21-24-43;/h19-34,36-41,70H,18H2,1-17H3;/q-1;+2/i1D3,2D3,3D3,27D,28D,29D,30D,33D,34D,38D;. The Morgan fingerprint density at radius 2 is 1.21 bits per heavy atom. The minimum atomic E-state index is -3.94. The molecule has 0 aliphatic carbocycles. The summed E-state index contributed by atoms with van der Waals surface area (Å²) in [5.74, 6) is 0.524. The predicted octanol–water partition coefficient (Wildman–Crippen LogP) is 17.3. The Morgan fingerprint density at radius 3 is 1.82 bits per heavy atom. The van der Waals surface area contributed by atoms with Crippen LogP contribution < -0.4 is 4.57 Å². The van der Waals surface area contributed by atoms with E-state index in [0.717, 1.165) is 38.1 Å². The maximum absolute atomic E-state index is 12.7. The molecule has 1 N–H and O–H groups in total. The number of benzene rings is 6. The zero-order valence-electron chi connectivity index (χ0n) is 59.5. The topological polar surface area (TPSA) is 41.9 Å². The van der Waals surface area contributed by atoms with E-state index in [4.69, 9.17) is 20.1 Å². The fourth-order valence-electron chi connectivity index (χ4n) is 8.59. The second-order valence-electron chi connectivity index (χ2n) is 23.3. The molecule has 0 atom stereocenters. The van der Waals surface area contributed by atoms with Crippen molar-refractivity contribution in [3.05, 3.63) is 174 Å². The van der Waals surface area contributed by atoms with Crippen molar-refractivity contribution in [3.63, 3.8) is 0 Å². The van der Waals surface area contributed by atoms with Gasteiger partial charge in [0.15, 0.2) is 0 Å². The molecule has 370 valence electrons. The molecule has 0 radical (unpaired) electrons. The van der Waals surface area contributed by atoms with E-state index >= 15 is 0 Å². The predicted molar refractivity (Wildman–Crippen MR) is 297 cm³/mol. The van der Waals surface area contributed by atoms with Gasteiger partial charge >= 0.3 is 21.1 Å². The number of phenols is 1. The molecule has 0 saturated heterocycles. The number of nitrogens with zero attached hydrogens (tertiary/aromatic N) is 3. The third-order valence-electron chi connectivity index (χ3n) is 14.0. The van der Waals surface area contributed by atoms with E-state index in [1.165, 1.54) is 0 Å². The van der Waals surface area contributed by atoms with Gasteiger partial charge in [0, 0.05) is 30.5 Å². The third kappa shape index (κ3) is 10.3. The van der Waals surface area contributed by atoms with E-state index in [9.17, 15) is 12.0 Å². The Labute approximate surface area is 463 Å². The molecule has 0 saturated carbocycles. The molecule has 2 heterocycles. The molecule has 8 aromatic rings. The van der Waals surface area contributed by atoms with Gasteiger partial charge in [0.1, 0.15) is 17.3 Å². The fraction of sp³-hybridized carbons (Fsp3) is 0.348. The number of phenolic OH excluding ortho intramolecular Hbond substituents is 1. The van der Waals surface area contributed by atoms with Crippen molar-refractivity contribution < 1.29 is 52.7 Å². The normalized spacial score (nSPS) is 16.6. The first-order valence-electron chi connectivity index (χ1n) is 31.8. The van der Waals surface area contributed by atoms with Gasteiger partial charge in [-0.3, -0.25) is 4.57 Å². The average Bonchev–Trinajstić information content (AvgIpc) is 1.05. The Morgan fingerprint density at radius 1 is 0.592 bits per heavy atom. The van der Waals surface area contributed by atoms with Gasteiger partial charge in [-0.05, 0) is 102 Å². The van der Waals surface area contributed by atoms with E-state index in [0.29, 0.717) is 39.1 Å². The van der Waals surface area contributed by atoms with Crippen LogP contribution >= 0.6 is 0 Å². The van der Waals surface area contributed by atoms with E-state index < -0.39 is 95.9 Å². The number of hydrogen-bond donors (Lipinski definition) is 1. The smallest absolute Gasteiger partial charge is 0.507 e. The number of pyridine rings is 1. The maximum atomic E-state index is 12.7. The largest absolute Gasteiger partial charge is 2.00 e. The van der Waals surface area contributed by atoms with Crippen molar-refractivity contribution in [1.29, 1.82) is 0 Å². The number of imidazole rings is 1. The van der Waals surface area contributed by atoms with Crippen molar-refractivity contribution in [2.24, 2.45) is 5.41 Å². The number of rotatable bonds is 7. The molecule has 0 fully saturated rings. The molecule has 71 heavy (non-hydrogen) atoms. The SMILES string of the molecule is [2H]c1c([2H])c(C(C([2H])([2H])[2H])(C([2H])([2H])[2H])C([2H])([2H])[2H])c([2H])c([2H])c1-c1c([2H])c([2H])[n+]([CH2-])c(-c2[c-]c(-c3cccc4c3nc(-c3cc(C(C)(C)C)cc(C(C)(C)C)c3O)n4-c3ccc(C(C)(C)C(C)(C)C)cc3-c3ccccc3)cc(C(C)(C)C)c2)c1[2H].[Pt+2]. The van der Waals surface area contributed by atoms with Crippen LogP contribution in [0, 0.1) is 18.5 Å². The second-order valence-corrected chi connectivity index (χ2v) is 23.3. The zero-order valence-corrected chi connectivity index (χ0v) is 45.7. The molecule has 8 rings (SSSR count). The van der Waals surface area contributed by atoms with Crippen LogP contribution in [0.25, 0.3) is 72.7 Å². The van der Waals surface area contributed by atoms with Crippen molar-refractivity contribution in [2.75, 3.05) is 0 Å². The molecule has 4 nitrogen and oxygen atoms in total. The van der Waals surface area contributed by atoms with Gasteiger partial charge in [0.2, 0.25) is 0 Å². The first-order chi connectivity index (χ1) is 39.1. The Hall–Kier alpha value is -5.70. The van der Waals surface area contributed by atoms with Gasteiger partial charge < -0.3 is 9.67 Å². The molecular weight excluding hydrogens is 1050 g/mol. The first-order valence-corrected chi connectivity index (χ1v) is 23.8. The minimum Gasteiger partial charge on any atom is -0.507 e. The van der Waals surface area contributed by atoms with Crippen LogP contribution in [0.5, 0.6) is 5.75 Å². The minimum absolute atomic E-state index is 0. The molecule has 6 aromatic carbocycles. The van der Waals surface area contributed by atoms with Crippen molar-refractivity contribution in [1.82, 2.24) is 9.55 Å². The van der Waals surface area contributed by atoms with Crippen molar-refractivity contribution in [3.8, 4) is 67.5 Å². The van der Waals surface area contributed by atoms with E-state index in [-0.39, 0.29) is 54.3 Å². The molecule has 5 heteroatoms. The number of aromatic hydroxyl groups is 1. The van der Waals surface area contributed by atoms with Crippen LogP contribution in [-0.2, 0) is 48.1 Å². The van der Waals surface area contributed by atoms with Crippen LogP contribution in [0.15, 0.2) is 133 Å². The van der Waals surface area contributed by atoms with Crippen LogP contribution in [0.1, 0.15) is 167 Å². The van der Waals surface area contributed by atoms with Crippen LogP contribution in [0.4, 0.5) is 0 Å². The Balaban J connectivity index is 0.0000108. The molecule has 0 unspecified atom stereocenters. The summed E-state index contributed by atoms with van der Waals surface area (Å²) in [5, 5.41) is 12.7. The number of fused-ring (bicyclic) bond motifs is 1. The van der Waals surface area contributed by atoms with Gasteiger partial charge in [0.05, 0.1) is 38.1 Å². The van der Waals surface area contributed by atoms with E-state index in [2.05, 4.69) is 130 Å². The van der Waals surface area contributed by atoms with Gasteiger partial charge in [0.25, 0.3) is 0 Å². The third-order valence-corrected chi connectivity index (χ3v) is 14.0. The van der Waals surface area contributed by atoms with Crippen LogP contribution in [0.2, 0.25) is 0 Å². The molecule has 0 spiro atoms. The summed E-state index contributed by atoms with van der Waals surface area (Å²) in [4.78, 5) is 5.59. The van der Waals surface area contributed by atoms with E-state index in [1.54, 1.807) is 6.07 Å². The summed E-state index contributed by atoms with van der Waals surface area (Å²) in [6.07, 6.45) is -0.645. The molecule has 0 bridgehead atoms. The summed E-state index contributed by atoms with van der Waals surface area (Å²) in [7, 11) is 4.09.